The van der Waals surface area contributed by atoms with Crippen LogP contribution in [0.3, 0.4) is 0 Å². The molecule has 1 heterocycles. The number of rotatable bonds is 4. The van der Waals surface area contributed by atoms with Gasteiger partial charge < -0.3 is 4.74 Å². The molecule has 1 rings (SSSR count). The maximum atomic E-state index is 5.77. The first-order valence-electron chi connectivity index (χ1n) is 5.58. The number of halogens is 1. The molecular formula is C13H20BrNO. The van der Waals surface area contributed by atoms with Crippen molar-refractivity contribution < 1.29 is 4.74 Å². The minimum absolute atomic E-state index is 0.312. The van der Waals surface area contributed by atoms with Crippen LogP contribution in [0.1, 0.15) is 38.6 Å². The number of pyridine rings is 1. The highest BCUT2D eigenvalue weighted by molar-refractivity contribution is 9.08. The van der Waals surface area contributed by atoms with E-state index in [9.17, 15) is 0 Å². The Labute approximate surface area is 107 Å². The summed E-state index contributed by atoms with van der Waals surface area (Å²) in [6.45, 7) is 9.39. The largest absolute Gasteiger partial charge is 0.492 e. The van der Waals surface area contributed by atoms with Gasteiger partial charge in [0, 0.05) is 11.0 Å². The molecule has 3 heteroatoms. The molecule has 0 N–H and O–H groups in total. The second-order valence-corrected chi connectivity index (χ2v) is 5.75. The van der Waals surface area contributed by atoms with E-state index in [1.54, 1.807) is 0 Å². The average molecular weight is 286 g/mol. The van der Waals surface area contributed by atoms with Gasteiger partial charge in [-0.15, -0.1) is 0 Å². The van der Waals surface area contributed by atoms with Crippen LogP contribution in [-0.2, 0) is 5.33 Å². The first-order chi connectivity index (χ1) is 7.42. The fraction of sp³-hybridized carbons (Fsp3) is 0.615. The zero-order chi connectivity index (χ0) is 12.2. The Balaban J connectivity index is 2.60. The van der Waals surface area contributed by atoms with E-state index in [4.69, 9.17) is 4.74 Å². The van der Waals surface area contributed by atoms with E-state index in [2.05, 4.69) is 41.7 Å². The third-order valence-corrected chi connectivity index (χ3v) is 2.84. The first-order valence-corrected chi connectivity index (χ1v) is 6.70. The molecule has 0 unspecified atom stereocenters. The summed E-state index contributed by atoms with van der Waals surface area (Å²) in [5.74, 6) is 0.895. The van der Waals surface area contributed by atoms with Gasteiger partial charge in [0.1, 0.15) is 5.75 Å². The lowest BCUT2D eigenvalue weighted by atomic mass is 9.93. The number of hydrogen-bond acceptors (Lipinski definition) is 2. The number of hydrogen-bond donors (Lipinski definition) is 0. The van der Waals surface area contributed by atoms with Crippen LogP contribution in [0.5, 0.6) is 5.75 Å². The summed E-state index contributed by atoms with van der Waals surface area (Å²) in [6.07, 6.45) is 1.04. The average Bonchev–Trinajstić information content (AvgIpc) is 2.18. The standard InChI is InChI=1S/C13H20BrNO/c1-10-5-6-12(11(9-14)15-10)16-8-7-13(2,3)4/h5-6H,7-9H2,1-4H3. The summed E-state index contributed by atoms with van der Waals surface area (Å²) in [4.78, 5) is 4.43. The Kier molecular flexibility index (Phi) is 4.78. The molecule has 1 aromatic heterocycles. The van der Waals surface area contributed by atoms with E-state index >= 15 is 0 Å². The third-order valence-electron chi connectivity index (χ3n) is 2.31. The zero-order valence-corrected chi connectivity index (χ0v) is 12.1. The molecule has 0 fully saturated rings. The lowest BCUT2D eigenvalue weighted by Crippen LogP contribution is -2.12. The van der Waals surface area contributed by atoms with E-state index in [1.807, 2.05) is 19.1 Å². The normalized spacial score (nSPS) is 11.6. The molecule has 0 radical (unpaired) electrons. The number of ether oxygens (including phenoxy) is 1. The molecule has 0 atom stereocenters. The van der Waals surface area contributed by atoms with E-state index in [0.29, 0.717) is 5.41 Å². The summed E-state index contributed by atoms with van der Waals surface area (Å²) < 4.78 is 5.77. The number of aryl methyl sites for hydroxylation is 1. The molecule has 1 aromatic rings. The van der Waals surface area contributed by atoms with Crippen molar-refractivity contribution in [2.45, 2.75) is 39.4 Å². The molecular weight excluding hydrogens is 266 g/mol. The fourth-order valence-corrected chi connectivity index (χ4v) is 1.69. The molecule has 0 saturated carbocycles. The Morgan fingerprint density at radius 2 is 2.00 bits per heavy atom. The van der Waals surface area contributed by atoms with Gasteiger partial charge in [-0.05, 0) is 30.9 Å². The highest BCUT2D eigenvalue weighted by atomic mass is 79.9. The van der Waals surface area contributed by atoms with Crippen molar-refractivity contribution in [2.75, 3.05) is 6.61 Å². The van der Waals surface area contributed by atoms with E-state index < -0.39 is 0 Å². The van der Waals surface area contributed by atoms with Gasteiger partial charge in [-0.3, -0.25) is 4.98 Å². The van der Waals surface area contributed by atoms with Gasteiger partial charge in [-0.2, -0.15) is 0 Å². The van der Waals surface area contributed by atoms with Crippen LogP contribution in [0.4, 0.5) is 0 Å². The molecule has 0 spiro atoms. The van der Waals surface area contributed by atoms with Gasteiger partial charge in [-0.1, -0.05) is 36.7 Å². The topological polar surface area (TPSA) is 22.1 Å². The maximum Gasteiger partial charge on any atom is 0.141 e. The minimum atomic E-state index is 0.312. The third kappa shape index (κ3) is 4.52. The first kappa shape index (κ1) is 13.5. The molecule has 0 amide bonds. The molecule has 0 aliphatic heterocycles. The van der Waals surface area contributed by atoms with Crippen LogP contribution in [0, 0.1) is 12.3 Å². The smallest absolute Gasteiger partial charge is 0.141 e. The fourth-order valence-electron chi connectivity index (χ4n) is 1.29. The van der Waals surface area contributed by atoms with Gasteiger partial charge in [0.05, 0.1) is 12.3 Å². The van der Waals surface area contributed by atoms with Crippen LogP contribution in [0.2, 0.25) is 0 Å². The van der Waals surface area contributed by atoms with Crippen LogP contribution in [0.25, 0.3) is 0 Å². The van der Waals surface area contributed by atoms with Gasteiger partial charge in [0.2, 0.25) is 0 Å². The maximum absolute atomic E-state index is 5.77. The Hall–Kier alpha value is -0.570. The Bertz CT molecular complexity index is 344. The molecule has 0 saturated heterocycles. The van der Waals surface area contributed by atoms with Crippen LogP contribution in [-0.4, -0.2) is 11.6 Å². The van der Waals surface area contributed by atoms with Crippen molar-refractivity contribution >= 4 is 15.9 Å². The predicted octanol–water partition coefficient (Wildman–Crippen LogP) is 4.10. The summed E-state index contributed by atoms with van der Waals surface area (Å²) in [5, 5.41) is 0.736. The van der Waals surface area contributed by atoms with Gasteiger partial charge in [-0.25, -0.2) is 0 Å². The molecule has 2 nitrogen and oxygen atoms in total. The quantitative estimate of drug-likeness (QED) is 0.777. The second-order valence-electron chi connectivity index (χ2n) is 5.19. The molecule has 0 aliphatic carbocycles. The van der Waals surface area contributed by atoms with Crippen molar-refractivity contribution in [2.24, 2.45) is 5.41 Å². The van der Waals surface area contributed by atoms with Crippen LogP contribution >= 0.6 is 15.9 Å². The van der Waals surface area contributed by atoms with E-state index in [0.717, 1.165) is 35.5 Å². The predicted molar refractivity (Wildman–Crippen MR) is 71.2 cm³/mol. The Morgan fingerprint density at radius 1 is 1.31 bits per heavy atom. The van der Waals surface area contributed by atoms with Gasteiger partial charge in [0.25, 0.3) is 0 Å². The highest BCUT2D eigenvalue weighted by Crippen LogP contribution is 2.22. The summed E-state index contributed by atoms with van der Waals surface area (Å²) >= 11 is 3.43. The monoisotopic (exact) mass is 285 g/mol. The lowest BCUT2D eigenvalue weighted by molar-refractivity contribution is 0.241. The van der Waals surface area contributed by atoms with Crippen molar-refractivity contribution in [3.8, 4) is 5.75 Å². The molecule has 0 aromatic carbocycles. The van der Waals surface area contributed by atoms with Crippen molar-refractivity contribution in [3.05, 3.63) is 23.5 Å². The van der Waals surface area contributed by atoms with Gasteiger partial charge in [0.15, 0.2) is 0 Å². The van der Waals surface area contributed by atoms with E-state index in [-0.39, 0.29) is 0 Å². The lowest BCUT2D eigenvalue weighted by Gasteiger charge is -2.18. The molecule has 0 aliphatic rings. The van der Waals surface area contributed by atoms with Crippen LogP contribution in [0.15, 0.2) is 12.1 Å². The summed E-state index contributed by atoms with van der Waals surface area (Å²) in [6, 6.07) is 3.99. The number of nitrogens with zero attached hydrogens (tertiary/aromatic N) is 1. The highest BCUT2D eigenvalue weighted by Gasteiger charge is 2.11. The molecule has 16 heavy (non-hydrogen) atoms. The second kappa shape index (κ2) is 5.67. The zero-order valence-electron chi connectivity index (χ0n) is 10.5. The molecule has 0 bridgehead atoms. The van der Waals surface area contributed by atoms with Crippen molar-refractivity contribution in [1.29, 1.82) is 0 Å². The van der Waals surface area contributed by atoms with Gasteiger partial charge >= 0.3 is 0 Å². The Morgan fingerprint density at radius 3 is 2.56 bits per heavy atom. The van der Waals surface area contributed by atoms with Crippen molar-refractivity contribution in [1.82, 2.24) is 4.98 Å². The summed E-state index contributed by atoms with van der Waals surface area (Å²) in [7, 11) is 0. The molecule has 90 valence electrons. The van der Waals surface area contributed by atoms with Crippen molar-refractivity contribution in [3.63, 3.8) is 0 Å². The minimum Gasteiger partial charge on any atom is -0.492 e. The van der Waals surface area contributed by atoms with Crippen LogP contribution < -0.4 is 4.74 Å². The SMILES string of the molecule is Cc1ccc(OCCC(C)(C)C)c(CBr)n1. The summed E-state index contributed by atoms with van der Waals surface area (Å²) in [5.41, 5.74) is 2.32. The van der Waals surface area contributed by atoms with E-state index in [1.165, 1.54) is 0 Å². The number of aromatic nitrogens is 1. The number of alkyl halides is 1.